The number of carbonyl (C=O) groups excluding carboxylic acids is 1. The van der Waals surface area contributed by atoms with Crippen LogP contribution >= 0.6 is 12.2 Å². The molecule has 2 heterocycles. The zero-order chi connectivity index (χ0) is 20.6. The third-order valence-electron chi connectivity index (χ3n) is 5.42. The van der Waals surface area contributed by atoms with Gasteiger partial charge in [-0.25, -0.2) is 0 Å². The number of carbonyl (C=O) groups is 1. The Kier molecular flexibility index (Phi) is 5.21. The van der Waals surface area contributed by atoms with Crippen molar-refractivity contribution in [1.29, 1.82) is 0 Å². The summed E-state index contributed by atoms with van der Waals surface area (Å²) in [4.78, 5) is 13.9. The van der Waals surface area contributed by atoms with Gasteiger partial charge in [0.15, 0.2) is 5.11 Å². The highest BCUT2D eigenvalue weighted by Gasteiger charge is 2.34. The summed E-state index contributed by atoms with van der Waals surface area (Å²) in [7, 11) is 0. The van der Waals surface area contributed by atoms with E-state index in [2.05, 4.69) is 43.5 Å². The predicted octanol–water partition coefficient (Wildman–Crippen LogP) is 4.71. The van der Waals surface area contributed by atoms with Crippen LogP contribution in [-0.4, -0.2) is 23.2 Å². The number of anilines is 2. The van der Waals surface area contributed by atoms with Crippen LogP contribution in [0.15, 0.2) is 42.5 Å². The van der Waals surface area contributed by atoms with Crippen LogP contribution in [0.5, 0.6) is 5.75 Å². The summed E-state index contributed by atoms with van der Waals surface area (Å²) in [5.41, 5.74) is 3.83. The first-order valence-electron chi connectivity index (χ1n) is 10.1. The molecule has 1 fully saturated rings. The molecule has 0 bridgehead atoms. The molecule has 0 radical (unpaired) electrons. The molecule has 0 saturated carbocycles. The summed E-state index contributed by atoms with van der Waals surface area (Å²) < 4.78 is 6.15. The minimum absolute atomic E-state index is 0.0667. The molecule has 4 rings (SSSR count). The molecular weight excluding hydrogens is 382 g/mol. The van der Waals surface area contributed by atoms with Crippen molar-refractivity contribution in [3.8, 4) is 5.75 Å². The number of ether oxygens (including phenoxy) is 1. The van der Waals surface area contributed by atoms with Crippen molar-refractivity contribution < 1.29 is 9.53 Å². The number of aryl methyl sites for hydroxylation is 1. The van der Waals surface area contributed by atoms with Crippen molar-refractivity contribution >= 4 is 34.6 Å². The van der Waals surface area contributed by atoms with E-state index in [1.807, 2.05) is 35.2 Å². The Morgan fingerprint density at radius 1 is 1.24 bits per heavy atom. The fourth-order valence-electron chi connectivity index (χ4n) is 4.10. The van der Waals surface area contributed by atoms with E-state index < -0.39 is 0 Å². The monoisotopic (exact) mass is 409 g/mol. The number of nitrogens with zero attached hydrogens (tertiary/aromatic N) is 1. The first-order chi connectivity index (χ1) is 13.8. The molecule has 2 aliphatic rings. The van der Waals surface area contributed by atoms with Crippen molar-refractivity contribution in [2.75, 3.05) is 16.8 Å². The highest BCUT2D eigenvalue weighted by atomic mass is 32.1. The maximum atomic E-state index is 12.0. The van der Waals surface area contributed by atoms with Gasteiger partial charge in [0.2, 0.25) is 5.91 Å². The number of fused-ring (bicyclic) bond motifs is 1. The number of rotatable bonds is 3. The van der Waals surface area contributed by atoms with Crippen LogP contribution < -0.4 is 20.3 Å². The van der Waals surface area contributed by atoms with Gasteiger partial charge in [0.1, 0.15) is 11.4 Å². The number of hydrogen-bond acceptors (Lipinski definition) is 3. The Labute approximate surface area is 177 Å². The van der Waals surface area contributed by atoms with Gasteiger partial charge in [-0.2, -0.15) is 0 Å². The molecule has 0 spiro atoms. The second kappa shape index (κ2) is 7.67. The molecule has 1 amide bonds. The van der Waals surface area contributed by atoms with Gasteiger partial charge < -0.3 is 20.3 Å². The summed E-state index contributed by atoms with van der Waals surface area (Å²) in [6, 6.07) is 14.2. The molecule has 0 aromatic heterocycles. The van der Waals surface area contributed by atoms with Crippen LogP contribution in [0.2, 0.25) is 0 Å². The third-order valence-corrected chi connectivity index (χ3v) is 5.64. The highest BCUT2D eigenvalue weighted by molar-refractivity contribution is 7.80. The Hall–Kier alpha value is -2.60. The minimum Gasteiger partial charge on any atom is -0.487 e. The van der Waals surface area contributed by atoms with Gasteiger partial charge in [0, 0.05) is 36.3 Å². The summed E-state index contributed by atoms with van der Waals surface area (Å²) >= 11 is 5.61. The molecule has 2 aliphatic heterocycles. The number of nitrogens with one attached hydrogen (secondary N) is 2. The van der Waals surface area contributed by atoms with E-state index in [1.165, 1.54) is 5.56 Å². The molecule has 5 nitrogen and oxygen atoms in total. The van der Waals surface area contributed by atoms with Crippen molar-refractivity contribution in [2.24, 2.45) is 0 Å². The fourth-order valence-corrected chi connectivity index (χ4v) is 4.36. The van der Waals surface area contributed by atoms with Gasteiger partial charge in [0.25, 0.3) is 0 Å². The Morgan fingerprint density at radius 2 is 2.07 bits per heavy atom. The van der Waals surface area contributed by atoms with Crippen LogP contribution in [0, 0.1) is 6.92 Å². The van der Waals surface area contributed by atoms with Crippen LogP contribution in [0.4, 0.5) is 11.4 Å². The first kappa shape index (κ1) is 19.7. The summed E-state index contributed by atoms with van der Waals surface area (Å²) in [5.74, 6) is 1.08. The lowest BCUT2D eigenvalue weighted by Crippen LogP contribution is -2.42. The first-order valence-corrected chi connectivity index (χ1v) is 10.5. The van der Waals surface area contributed by atoms with Crippen LogP contribution in [0.25, 0.3) is 0 Å². The average molecular weight is 410 g/mol. The Bertz CT molecular complexity index is 957. The average Bonchev–Trinajstić information content (AvgIpc) is 3.08. The van der Waals surface area contributed by atoms with Crippen LogP contribution in [0.1, 0.15) is 50.3 Å². The highest BCUT2D eigenvalue weighted by Crippen LogP contribution is 2.40. The molecule has 2 aromatic carbocycles. The van der Waals surface area contributed by atoms with Gasteiger partial charge in [-0.3, -0.25) is 4.79 Å². The molecular formula is C23H27N3O2S. The molecule has 29 heavy (non-hydrogen) atoms. The van der Waals surface area contributed by atoms with Crippen molar-refractivity contribution in [2.45, 2.75) is 51.7 Å². The smallest absolute Gasteiger partial charge is 0.227 e. The molecule has 2 aromatic rings. The molecule has 0 unspecified atom stereocenters. The molecule has 0 aliphatic carbocycles. The normalized spacial score (nSPS) is 20.0. The number of hydrogen-bond donors (Lipinski definition) is 2. The lowest BCUT2D eigenvalue weighted by Gasteiger charge is -2.38. The second-order valence-corrected chi connectivity index (χ2v) is 8.87. The van der Waals surface area contributed by atoms with Crippen molar-refractivity contribution in [3.63, 3.8) is 0 Å². The van der Waals surface area contributed by atoms with Gasteiger partial charge in [-0.05, 0) is 63.7 Å². The zero-order valence-corrected chi connectivity index (χ0v) is 17.9. The van der Waals surface area contributed by atoms with Gasteiger partial charge >= 0.3 is 0 Å². The van der Waals surface area contributed by atoms with E-state index in [0.717, 1.165) is 42.1 Å². The summed E-state index contributed by atoms with van der Waals surface area (Å²) in [5, 5.41) is 7.31. The van der Waals surface area contributed by atoms with Gasteiger partial charge in [0.05, 0.1) is 6.04 Å². The Balaban J connectivity index is 1.49. The minimum atomic E-state index is -0.272. The largest absolute Gasteiger partial charge is 0.487 e. The fraction of sp³-hybridized carbons (Fsp3) is 0.391. The van der Waals surface area contributed by atoms with Crippen molar-refractivity contribution in [1.82, 2.24) is 5.32 Å². The lowest BCUT2D eigenvalue weighted by molar-refractivity contribution is -0.117. The number of benzene rings is 2. The standard InChI is InChI=1S/C23H27N3O2S/c1-15-9-10-20-18(12-15)19(14-23(2,3)28-20)25-22(29)24-16-6-4-7-17(13-16)26-11-5-8-21(26)27/h4,6-7,9-10,12-13,19H,5,8,11,14H2,1-3H3,(H2,24,25,29)/t19-/m0/s1. The number of thiocarbonyl (C=S) groups is 1. The maximum absolute atomic E-state index is 12.0. The quantitative estimate of drug-likeness (QED) is 0.719. The predicted molar refractivity (Wildman–Crippen MR) is 121 cm³/mol. The maximum Gasteiger partial charge on any atom is 0.227 e. The summed E-state index contributed by atoms with van der Waals surface area (Å²) in [6.45, 7) is 7.05. The lowest BCUT2D eigenvalue weighted by atomic mass is 9.89. The Morgan fingerprint density at radius 3 is 2.83 bits per heavy atom. The SMILES string of the molecule is Cc1ccc2c(c1)[C@@H](NC(=S)Nc1cccc(N3CCCC3=O)c1)CC(C)(C)O2. The molecule has 2 N–H and O–H groups in total. The van der Waals surface area contributed by atoms with E-state index in [0.29, 0.717) is 11.5 Å². The van der Waals surface area contributed by atoms with E-state index in [9.17, 15) is 4.79 Å². The molecule has 152 valence electrons. The molecule has 1 saturated heterocycles. The van der Waals surface area contributed by atoms with E-state index in [4.69, 9.17) is 17.0 Å². The van der Waals surface area contributed by atoms with Crippen LogP contribution in [0.3, 0.4) is 0 Å². The van der Waals surface area contributed by atoms with Crippen molar-refractivity contribution in [3.05, 3.63) is 53.6 Å². The summed E-state index contributed by atoms with van der Waals surface area (Å²) in [6.07, 6.45) is 2.35. The van der Waals surface area contributed by atoms with Gasteiger partial charge in [-0.1, -0.05) is 23.8 Å². The zero-order valence-electron chi connectivity index (χ0n) is 17.1. The van der Waals surface area contributed by atoms with Gasteiger partial charge in [-0.15, -0.1) is 0 Å². The van der Waals surface area contributed by atoms with Crippen LogP contribution in [-0.2, 0) is 4.79 Å². The topological polar surface area (TPSA) is 53.6 Å². The van der Waals surface area contributed by atoms with E-state index >= 15 is 0 Å². The third kappa shape index (κ3) is 4.37. The van der Waals surface area contributed by atoms with E-state index in [-0.39, 0.29) is 17.6 Å². The molecule has 6 heteroatoms. The molecule has 1 atom stereocenters. The number of amides is 1. The second-order valence-electron chi connectivity index (χ2n) is 8.46. The van der Waals surface area contributed by atoms with E-state index in [1.54, 1.807) is 0 Å².